The molecular weight excluding hydrogens is 180 g/mol. The zero-order valence-corrected chi connectivity index (χ0v) is 11.2. The van der Waals surface area contributed by atoms with E-state index in [1.165, 1.54) is 16.7 Å². The first kappa shape index (κ1) is 14.2. The minimum absolute atomic E-state index is 0.626. The predicted molar refractivity (Wildman–Crippen MR) is 70.9 cm³/mol. The van der Waals surface area contributed by atoms with E-state index in [0.717, 1.165) is 6.42 Å². The molecule has 0 saturated carbocycles. The molecule has 2 unspecified atom stereocenters. The van der Waals surface area contributed by atoms with Crippen molar-refractivity contribution >= 4 is 0 Å². The van der Waals surface area contributed by atoms with Crippen LogP contribution >= 0.6 is 0 Å². The lowest BCUT2D eigenvalue weighted by Gasteiger charge is -2.23. The lowest BCUT2D eigenvalue weighted by molar-refractivity contribution is 0.498. The Bertz CT molecular complexity index is 266. The van der Waals surface area contributed by atoms with E-state index in [1.54, 1.807) is 0 Å². The van der Waals surface area contributed by atoms with E-state index in [-0.39, 0.29) is 0 Å². The van der Waals surface area contributed by atoms with Crippen LogP contribution in [0.15, 0.2) is 35.5 Å². The van der Waals surface area contributed by atoms with Gasteiger partial charge in [0.05, 0.1) is 0 Å². The number of hydrogen-bond donors (Lipinski definition) is 0. The summed E-state index contributed by atoms with van der Waals surface area (Å²) in [5.74, 6) is 1.26. The molecule has 0 spiro atoms. The molecule has 0 nitrogen and oxygen atoms in total. The summed E-state index contributed by atoms with van der Waals surface area (Å²) in [7, 11) is 0. The number of allylic oxidation sites excluding steroid dienone is 5. The van der Waals surface area contributed by atoms with Crippen LogP contribution in [0, 0.1) is 11.8 Å². The van der Waals surface area contributed by atoms with Gasteiger partial charge in [-0.05, 0) is 46.0 Å². The largest absolute Gasteiger partial charge is 0.103 e. The van der Waals surface area contributed by atoms with Crippen molar-refractivity contribution in [2.75, 3.05) is 0 Å². The second kappa shape index (κ2) is 6.66. The first-order valence-electron chi connectivity index (χ1n) is 5.85. The Hall–Kier alpha value is -0.780. The summed E-state index contributed by atoms with van der Waals surface area (Å²) >= 11 is 0. The molecule has 0 aromatic carbocycles. The molecule has 0 aliphatic heterocycles. The zero-order valence-electron chi connectivity index (χ0n) is 11.2. The van der Waals surface area contributed by atoms with Crippen LogP contribution in [-0.2, 0) is 0 Å². The smallest absolute Gasteiger partial charge is 0.0142 e. The van der Waals surface area contributed by atoms with Crippen LogP contribution in [0.4, 0.5) is 0 Å². The Morgan fingerprint density at radius 2 is 1.67 bits per heavy atom. The van der Waals surface area contributed by atoms with Crippen molar-refractivity contribution in [3.63, 3.8) is 0 Å². The van der Waals surface area contributed by atoms with Gasteiger partial charge in [-0.25, -0.2) is 0 Å². The van der Waals surface area contributed by atoms with E-state index in [1.807, 2.05) is 6.08 Å². The summed E-state index contributed by atoms with van der Waals surface area (Å²) in [5.41, 5.74) is 4.46. The lowest BCUT2D eigenvalue weighted by atomic mass is 9.82. The van der Waals surface area contributed by atoms with Gasteiger partial charge in [0.15, 0.2) is 0 Å². The predicted octanol–water partition coefficient (Wildman–Crippen LogP) is 5.14. The SMILES string of the molecule is C=CC/C(C)=C(\C)C(C)C(C)C(C)=CC. The molecule has 0 rings (SSSR count). The summed E-state index contributed by atoms with van der Waals surface area (Å²) in [6.45, 7) is 17.2. The third kappa shape index (κ3) is 4.07. The van der Waals surface area contributed by atoms with E-state index < -0.39 is 0 Å². The van der Waals surface area contributed by atoms with Gasteiger partial charge in [0.2, 0.25) is 0 Å². The molecule has 15 heavy (non-hydrogen) atoms. The van der Waals surface area contributed by atoms with E-state index in [0.29, 0.717) is 11.8 Å². The van der Waals surface area contributed by atoms with Crippen LogP contribution in [0.1, 0.15) is 48.0 Å². The highest BCUT2D eigenvalue weighted by atomic mass is 14.2. The molecule has 0 aliphatic carbocycles. The topological polar surface area (TPSA) is 0 Å². The standard InChI is InChI=1S/C15H26/c1-8-10-12(4)14(6)15(7)13(5)11(3)9-2/h8-9,13,15H,1,10H2,2-7H3/b11-9?,14-12+. The van der Waals surface area contributed by atoms with Crippen molar-refractivity contribution < 1.29 is 0 Å². The summed E-state index contributed by atoms with van der Waals surface area (Å²) in [6.07, 6.45) is 5.22. The summed E-state index contributed by atoms with van der Waals surface area (Å²) in [6, 6.07) is 0. The van der Waals surface area contributed by atoms with Gasteiger partial charge >= 0.3 is 0 Å². The van der Waals surface area contributed by atoms with Gasteiger partial charge in [-0.3, -0.25) is 0 Å². The van der Waals surface area contributed by atoms with Crippen LogP contribution in [0.3, 0.4) is 0 Å². The van der Waals surface area contributed by atoms with Gasteiger partial charge in [-0.2, -0.15) is 0 Å². The molecule has 0 heteroatoms. The normalized spacial score (nSPS) is 18.1. The summed E-state index contributed by atoms with van der Waals surface area (Å²) in [5, 5.41) is 0. The van der Waals surface area contributed by atoms with E-state index in [9.17, 15) is 0 Å². The maximum absolute atomic E-state index is 3.79. The molecule has 86 valence electrons. The van der Waals surface area contributed by atoms with Crippen molar-refractivity contribution in [3.8, 4) is 0 Å². The fraction of sp³-hybridized carbons (Fsp3) is 0.600. The Kier molecular flexibility index (Phi) is 6.31. The fourth-order valence-corrected chi connectivity index (χ4v) is 1.80. The molecule has 0 aliphatic rings. The van der Waals surface area contributed by atoms with Gasteiger partial charge < -0.3 is 0 Å². The van der Waals surface area contributed by atoms with Gasteiger partial charge in [0.1, 0.15) is 0 Å². The van der Waals surface area contributed by atoms with E-state index in [2.05, 4.69) is 54.2 Å². The van der Waals surface area contributed by atoms with Gasteiger partial charge in [0, 0.05) is 0 Å². The molecule has 0 fully saturated rings. The molecule has 0 saturated heterocycles. The molecule has 0 aromatic rings. The van der Waals surface area contributed by atoms with Gasteiger partial charge in [-0.15, -0.1) is 6.58 Å². The number of hydrogen-bond acceptors (Lipinski definition) is 0. The highest BCUT2D eigenvalue weighted by molar-refractivity contribution is 5.18. The Balaban J connectivity index is 4.77. The van der Waals surface area contributed by atoms with E-state index in [4.69, 9.17) is 0 Å². The maximum Gasteiger partial charge on any atom is -0.0142 e. The highest BCUT2D eigenvalue weighted by Gasteiger charge is 2.16. The van der Waals surface area contributed by atoms with Crippen LogP contribution in [0.25, 0.3) is 0 Å². The maximum atomic E-state index is 3.79. The molecule has 0 heterocycles. The minimum atomic E-state index is 0.626. The average Bonchev–Trinajstić information content (AvgIpc) is 2.25. The van der Waals surface area contributed by atoms with Crippen LogP contribution in [-0.4, -0.2) is 0 Å². The molecular formula is C15H26. The summed E-state index contributed by atoms with van der Waals surface area (Å²) in [4.78, 5) is 0. The van der Waals surface area contributed by atoms with Crippen molar-refractivity contribution in [2.45, 2.75) is 48.0 Å². The van der Waals surface area contributed by atoms with Crippen LogP contribution < -0.4 is 0 Å². The molecule has 0 N–H and O–H groups in total. The first-order chi connectivity index (χ1) is 6.95. The third-order valence-electron chi connectivity index (χ3n) is 3.73. The van der Waals surface area contributed by atoms with Crippen LogP contribution in [0.2, 0.25) is 0 Å². The van der Waals surface area contributed by atoms with Gasteiger partial charge in [-0.1, -0.05) is 42.7 Å². The molecule has 0 bridgehead atoms. The van der Waals surface area contributed by atoms with Crippen molar-refractivity contribution in [3.05, 3.63) is 35.5 Å². The third-order valence-corrected chi connectivity index (χ3v) is 3.73. The molecule has 0 aromatic heterocycles. The van der Waals surface area contributed by atoms with Crippen molar-refractivity contribution in [1.29, 1.82) is 0 Å². The zero-order chi connectivity index (χ0) is 12.0. The number of rotatable bonds is 5. The lowest BCUT2D eigenvalue weighted by Crippen LogP contribution is -2.11. The first-order valence-corrected chi connectivity index (χ1v) is 5.85. The fourth-order valence-electron chi connectivity index (χ4n) is 1.80. The average molecular weight is 206 g/mol. The highest BCUT2D eigenvalue weighted by Crippen LogP contribution is 2.28. The Morgan fingerprint density at radius 1 is 1.13 bits per heavy atom. The molecule has 0 amide bonds. The summed E-state index contributed by atoms with van der Waals surface area (Å²) < 4.78 is 0. The molecule has 0 radical (unpaired) electrons. The van der Waals surface area contributed by atoms with E-state index >= 15 is 0 Å². The quantitative estimate of drug-likeness (QED) is 0.546. The van der Waals surface area contributed by atoms with Crippen molar-refractivity contribution in [2.24, 2.45) is 11.8 Å². The Labute approximate surface area is 95.8 Å². The second-order valence-electron chi connectivity index (χ2n) is 4.57. The van der Waals surface area contributed by atoms with Gasteiger partial charge in [0.25, 0.3) is 0 Å². The monoisotopic (exact) mass is 206 g/mol. The second-order valence-corrected chi connectivity index (χ2v) is 4.57. The minimum Gasteiger partial charge on any atom is -0.103 e. The van der Waals surface area contributed by atoms with Crippen molar-refractivity contribution in [1.82, 2.24) is 0 Å². The molecule has 2 atom stereocenters. The van der Waals surface area contributed by atoms with Crippen LogP contribution in [0.5, 0.6) is 0 Å². The Morgan fingerprint density at radius 3 is 2.07 bits per heavy atom.